The summed E-state index contributed by atoms with van der Waals surface area (Å²) in [6.07, 6.45) is 4.61. The Morgan fingerprint density at radius 1 is 1.18 bits per heavy atom. The molecule has 0 aliphatic heterocycles. The molecule has 1 aromatic carbocycles. The Morgan fingerprint density at radius 2 is 2.07 bits per heavy atom. The highest BCUT2D eigenvalue weighted by atomic mass is 32.1. The minimum absolute atomic E-state index is 0.169. The van der Waals surface area contributed by atoms with Crippen LogP contribution in [-0.4, -0.2) is 10.4 Å². The van der Waals surface area contributed by atoms with Crippen molar-refractivity contribution in [1.82, 2.24) is 4.57 Å². The van der Waals surface area contributed by atoms with E-state index in [1.165, 1.54) is 51.7 Å². The smallest absolute Gasteiger partial charge is 0.269 e. The van der Waals surface area contributed by atoms with E-state index in [4.69, 9.17) is 4.42 Å². The third-order valence-corrected chi connectivity index (χ3v) is 5.88. The maximum absolute atomic E-state index is 13.6. The predicted molar refractivity (Wildman–Crippen MR) is 109 cm³/mol. The Balaban J connectivity index is 1.85. The molecule has 0 amide bonds. The normalized spacial score (nSPS) is 12.6. The van der Waals surface area contributed by atoms with Crippen LogP contribution in [-0.2, 0) is 6.54 Å². The van der Waals surface area contributed by atoms with Crippen LogP contribution in [0.1, 0.15) is 21.0 Å². The zero-order valence-corrected chi connectivity index (χ0v) is 16.1. The number of hydrogen-bond acceptors (Lipinski definition) is 5. The van der Waals surface area contributed by atoms with Gasteiger partial charge >= 0.3 is 0 Å². The predicted octanol–water partition coefficient (Wildman–Crippen LogP) is 3.24. The van der Waals surface area contributed by atoms with Gasteiger partial charge in [0.1, 0.15) is 10.5 Å². The highest BCUT2D eigenvalue weighted by Gasteiger charge is 2.10. The van der Waals surface area contributed by atoms with Gasteiger partial charge in [0.25, 0.3) is 5.56 Å². The number of benzene rings is 1. The molecule has 0 fully saturated rings. The highest BCUT2D eigenvalue weighted by Crippen LogP contribution is 2.09. The molecule has 0 spiro atoms. The summed E-state index contributed by atoms with van der Waals surface area (Å²) < 4.78 is 21.2. The van der Waals surface area contributed by atoms with Crippen LogP contribution in [0.5, 0.6) is 0 Å². The molecule has 3 heterocycles. The van der Waals surface area contributed by atoms with E-state index in [0.29, 0.717) is 14.8 Å². The standard InChI is InChI=1S/C21H14FNO3S2/c22-15-5-1-4-14(10-15)13-23-20(12-17(24)18-7-2-8-26-18)28-19(21(23)25)11-16-6-3-9-27-16/h1-12H,13H2/b19-11+,20-12-. The van der Waals surface area contributed by atoms with E-state index >= 15 is 0 Å². The molecule has 0 atom stereocenters. The number of hydrogen-bond donors (Lipinski definition) is 0. The van der Waals surface area contributed by atoms with Crippen LogP contribution in [0.3, 0.4) is 0 Å². The fourth-order valence-electron chi connectivity index (χ4n) is 2.72. The molecule has 28 heavy (non-hydrogen) atoms. The number of Topliss-reactive ketones (excluding diaryl/α,β-unsaturated/α-hetero) is 1. The van der Waals surface area contributed by atoms with Crippen molar-refractivity contribution < 1.29 is 13.6 Å². The number of furan rings is 1. The van der Waals surface area contributed by atoms with Crippen LogP contribution in [0.15, 0.2) is 69.4 Å². The molecule has 4 rings (SSSR count). The Bertz CT molecular complexity index is 1280. The van der Waals surface area contributed by atoms with Gasteiger partial charge in [-0.25, -0.2) is 4.39 Å². The average molecular weight is 411 g/mol. The molecule has 0 saturated heterocycles. The number of thiophene rings is 1. The molecule has 0 radical (unpaired) electrons. The summed E-state index contributed by atoms with van der Waals surface area (Å²) in [5.41, 5.74) is 0.420. The lowest BCUT2D eigenvalue weighted by atomic mass is 10.2. The zero-order chi connectivity index (χ0) is 19.5. The molecular formula is C21H14FNO3S2. The number of thiazole rings is 1. The summed E-state index contributed by atoms with van der Waals surface area (Å²) >= 11 is 2.74. The fourth-order valence-corrected chi connectivity index (χ4v) is 4.48. The molecular weight excluding hydrogens is 397 g/mol. The van der Waals surface area contributed by atoms with Gasteiger partial charge in [-0.1, -0.05) is 18.2 Å². The molecule has 7 heteroatoms. The number of rotatable bonds is 5. The second-order valence-electron chi connectivity index (χ2n) is 5.97. The van der Waals surface area contributed by atoms with Crippen molar-refractivity contribution in [1.29, 1.82) is 0 Å². The van der Waals surface area contributed by atoms with Crippen molar-refractivity contribution in [3.8, 4) is 0 Å². The summed E-state index contributed by atoms with van der Waals surface area (Å²) in [7, 11) is 0. The van der Waals surface area contributed by atoms with E-state index in [1.54, 1.807) is 30.3 Å². The Hall–Kier alpha value is -3.03. The van der Waals surface area contributed by atoms with Gasteiger partial charge in [-0.05, 0) is 47.4 Å². The largest absolute Gasteiger partial charge is 0.461 e. The maximum atomic E-state index is 13.6. The minimum atomic E-state index is -0.372. The second-order valence-corrected chi connectivity index (χ2v) is 8.01. The van der Waals surface area contributed by atoms with Gasteiger partial charge in [0, 0.05) is 11.0 Å². The lowest BCUT2D eigenvalue weighted by molar-refractivity contribution is 0.103. The first-order valence-electron chi connectivity index (χ1n) is 8.39. The van der Waals surface area contributed by atoms with Crippen molar-refractivity contribution in [3.05, 3.63) is 102 Å². The van der Waals surface area contributed by atoms with Crippen LogP contribution in [0.4, 0.5) is 4.39 Å². The molecule has 0 aliphatic carbocycles. The van der Waals surface area contributed by atoms with Crippen molar-refractivity contribution in [2.75, 3.05) is 0 Å². The van der Waals surface area contributed by atoms with E-state index in [2.05, 4.69) is 0 Å². The molecule has 4 nitrogen and oxygen atoms in total. The number of ketones is 1. The van der Waals surface area contributed by atoms with E-state index in [-0.39, 0.29) is 29.5 Å². The van der Waals surface area contributed by atoms with Crippen LogP contribution < -0.4 is 14.8 Å². The first-order valence-corrected chi connectivity index (χ1v) is 10.1. The molecule has 140 valence electrons. The minimum Gasteiger partial charge on any atom is -0.461 e. The Morgan fingerprint density at radius 3 is 2.79 bits per heavy atom. The third kappa shape index (κ3) is 3.95. The van der Waals surface area contributed by atoms with Crippen molar-refractivity contribution >= 4 is 40.6 Å². The first-order chi connectivity index (χ1) is 13.6. The molecule has 0 bridgehead atoms. The van der Waals surface area contributed by atoms with Gasteiger partial charge in [0.15, 0.2) is 5.76 Å². The van der Waals surface area contributed by atoms with Crippen LogP contribution in [0, 0.1) is 5.82 Å². The lowest BCUT2D eigenvalue weighted by Crippen LogP contribution is -2.32. The average Bonchev–Trinajstić information content (AvgIpc) is 3.42. The fraction of sp³-hybridized carbons (Fsp3) is 0.0476. The van der Waals surface area contributed by atoms with Crippen LogP contribution in [0.25, 0.3) is 12.2 Å². The van der Waals surface area contributed by atoms with Crippen molar-refractivity contribution in [2.24, 2.45) is 0 Å². The van der Waals surface area contributed by atoms with Gasteiger partial charge < -0.3 is 4.42 Å². The number of carbonyl (C=O) groups is 1. The lowest BCUT2D eigenvalue weighted by Gasteiger charge is -2.03. The molecule has 3 aromatic heterocycles. The first kappa shape index (κ1) is 18.3. The maximum Gasteiger partial charge on any atom is 0.269 e. The summed E-state index contributed by atoms with van der Waals surface area (Å²) in [6.45, 7) is 0.169. The molecule has 0 unspecified atom stereocenters. The zero-order valence-electron chi connectivity index (χ0n) is 14.5. The third-order valence-electron chi connectivity index (χ3n) is 4.00. The SMILES string of the molecule is O=C(/C=c1\s/c(=C/c2cccs2)c(=O)n1Cc1cccc(F)c1)c1ccco1. The van der Waals surface area contributed by atoms with Gasteiger partial charge in [0.05, 0.1) is 17.3 Å². The van der Waals surface area contributed by atoms with E-state index in [9.17, 15) is 14.0 Å². The van der Waals surface area contributed by atoms with E-state index < -0.39 is 0 Å². The topological polar surface area (TPSA) is 52.2 Å². The van der Waals surface area contributed by atoms with E-state index in [1.807, 2.05) is 17.5 Å². The van der Waals surface area contributed by atoms with Gasteiger partial charge in [-0.15, -0.1) is 22.7 Å². The number of halogens is 1. The monoisotopic (exact) mass is 411 g/mol. The molecule has 4 aromatic rings. The van der Waals surface area contributed by atoms with Crippen molar-refractivity contribution in [3.63, 3.8) is 0 Å². The molecule has 0 saturated carbocycles. The number of carbonyl (C=O) groups excluding carboxylic acids is 1. The highest BCUT2D eigenvalue weighted by molar-refractivity contribution is 7.11. The number of nitrogens with zero attached hydrogens (tertiary/aromatic N) is 1. The summed E-state index contributed by atoms with van der Waals surface area (Å²) in [5, 5.41) is 1.93. The van der Waals surface area contributed by atoms with Crippen LogP contribution in [0.2, 0.25) is 0 Å². The van der Waals surface area contributed by atoms with Gasteiger partial charge in [0.2, 0.25) is 5.78 Å². The summed E-state index contributed by atoms with van der Waals surface area (Å²) in [5.74, 6) is -0.507. The van der Waals surface area contributed by atoms with E-state index in [0.717, 1.165) is 4.88 Å². The summed E-state index contributed by atoms with van der Waals surface area (Å²) in [4.78, 5) is 26.4. The second kappa shape index (κ2) is 7.92. The van der Waals surface area contributed by atoms with Crippen LogP contribution >= 0.6 is 22.7 Å². The Labute approximate surface area is 167 Å². The quantitative estimate of drug-likeness (QED) is 0.474. The van der Waals surface area contributed by atoms with Gasteiger partial charge in [-0.3, -0.25) is 14.2 Å². The molecule has 0 N–H and O–H groups in total. The summed E-state index contributed by atoms with van der Waals surface area (Å²) in [6, 6.07) is 13.1. The Kier molecular flexibility index (Phi) is 5.18. The molecule has 0 aliphatic rings. The number of aromatic nitrogens is 1. The van der Waals surface area contributed by atoms with Gasteiger partial charge in [-0.2, -0.15) is 0 Å². The van der Waals surface area contributed by atoms with Crippen molar-refractivity contribution in [2.45, 2.75) is 6.54 Å².